The molecule has 20 heavy (non-hydrogen) atoms. The lowest BCUT2D eigenvalue weighted by Crippen LogP contribution is -2.41. The van der Waals surface area contributed by atoms with Gasteiger partial charge in [-0.25, -0.2) is 0 Å². The van der Waals surface area contributed by atoms with Gasteiger partial charge >= 0.3 is 7.12 Å². The van der Waals surface area contributed by atoms with Crippen LogP contribution in [0.25, 0.3) is 0 Å². The van der Waals surface area contributed by atoms with Crippen molar-refractivity contribution in [3.05, 3.63) is 12.4 Å². The third-order valence-corrected chi connectivity index (χ3v) is 4.92. The van der Waals surface area contributed by atoms with Gasteiger partial charge in [0.05, 0.1) is 23.3 Å². The zero-order valence-electron chi connectivity index (χ0n) is 12.7. The Morgan fingerprint density at radius 1 is 1.25 bits per heavy atom. The first-order valence-electron chi connectivity index (χ1n) is 7.31. The fourth-order valence-corrected chi connectivity index (χ4v) is 2.61. The van der Waals surface area contributed by atoms with Crippen molar-refractivity contribution >= 4 is 12.6 Å². The molecule has 5 nitrogen and oxygen atoms in total. The molecule has 0 amide bonds. The van der Waals surface area contributed by atoms with Crippen LogP contribution in [0.3, 0.4) is 0 Å². The molecule has 2 heterocycles. The van der Waals surface area contributed by atoms with Gasteiger partial charge in [-0.05, 0) is 47.0 Å². The molecule has 1 saturated carbocycles. The zero-order chi connectivity index (χ0) is 14.6. The van der Waals surface area contributed by atoms with Gasteiger partial charge in [0, 0.05) is 17.9 Å². The summed E-state index contributed by atoms with van der Waals surface area (Å²) in [5.74, 6) is 0. The van der Waals surface area contributed by atoms with Crippen LogP contribution in [0.2, 0.25) is 0 Å². The van der Waals surface area contributed by atoms with Crippen LogP contribution in [0.4, 0.5) is 0 Å². The molecule has 1 aliphatic heterocycles. The fraction of sp³-hybridized carbons (Fsp3) is 0.786. The highest BCUT2D eigenvalue weighted by atomic mass is 16.7. The van der Waals surface area contributed by atoms with Gasteiger partial charge in [0.2, 0.25) is 0 Å². The topological polar surface area (TPSA) is 56.5 Å². The zero-order valence-corrected chi connectivity index (χ0v) is 12.7. The van der Waals surface area contributed by atoms with E-state index in [4.69, 9.17) is 9.31 Å². The molecular formula is C14H23BN2O3. The predicted octanol–water partition coefficient (Wildman–Crippen LogP) is 1.10. The molecule has 1 saturated heterocycles. The summed E-state index contributed by atoms with van der Waals surface area (Å²) in [5.41, 5.74) is -0.344. The van der Waals surface area contributed by atoms with Crippen molar-refractivity contribution < 1.29 is 14.4 Å². The first-order valence-corrected chi connectivity index (χ1v) is 7.31. The van der Waals surface area contributed by atoms with Crippen LogP contribution in [0.15, 0.2) is 12.4 Å². The molecule has 3 rings (SSSR count). The third-order valence-electron chi connectivity index (χ3n) is 4.92. The summed E-state index contributed by atoms with van der Waals surface area (Å²) in [6, 6.07) is 0. The Morgan fingerprint density at radius 3 is 2.35 bits per heavy atom. The van der Waals surface area contributed by atoms with Gasteiger partial charge in [-0.3, -0.25) is 4.68 Å². The maximum Gasteiger partial charge on any atom is 0.498 e. The van der Waals surface area contributed by atoms with Gasteiger partial charge in [0.1, 0.15) is 0 Å². The normalized spacial score (nSPS) is 26.6. The largest absolute Gasteiger partial charge is 0.498 e. The highest BCUT2D eigenvalue weighted by molar-refractivity contribution is 6.61. The maximum absolute atomic E-state index is 10.2. The summed E-state index contributed by atoms with van der Waals surface area (Å²) in [4.78, 5) is 0. The highest BCUT2D eigenvalue weighted by Crippen LogP contribution is 2.36. The Hall–Kier alpha value is -0.845. The Balaban J connectivity index is 1.72. The first kappa shape index (κ1) is 14.1. The van der Waals surface area contributed by atoms with Crippen molar-refractivity contribution in [3.8, 4) is 0 Å². The van der Waals surface area contributed by atoms with E-state index in [1.165, 1.54) is 0 Å². The molecule has 2 fully saturated rings. The molecule has 110 valence electrons. The monoisotopic (exact) mass is 278 g/mol. The second kappa shape index (κ2) is 4.32. The van der Waals surface area contributed by atoms with E-state index in [1.54, 1.807) is 10.9 Å². The number of nitrogens with zero attached hydrogens (tertiary/aromatic N) is 2. The summed E-state index contributed by atoms with van der Waals surface area (Å²) >= 11 is 0. The Labute approximate surface area is 120 Å². The van der Waals surface area contributed by atoms with E-state index in [2.05, 4.69) is 5.10 Å². The second-order valence-corrected chi connectivity index (χ2v) is 7.14. The average Bonchev–Trinajstić information content (AvgIpc) is 2.80. The van der Waals surface area contributed by atoms with Crippen LogP contribution in [0.1, 0.15) is 47.0 Å². The van der Waals surface area contributed by atoms with Crippen LogP contribution in [0.5, 0.6) is 0 Å². The van der Waals surface area contributed by atoms with E-state index >= 15 is 0 Å². The fourth-order valence-electron chi connectivity index (χ4n) is 2.61. The van der Waals surface area contributed by atoms with E-state index in [-0.39, 0.29) is 18.3 Å². The molecule has 6 heteroatoms. The summed E-state index contributed by atoms with van der Waals surface area (Å²) < 4.78 is 13.8. The molecule has 0 spiro atoms. The molecular weight excluding hydrogens is 255 g/mol. The molecule has 0 atom stereocenters. The van der Waals surface area contributed by atoms with Gasteiger partial charge in [0.25, 0.3) is 0 Å². The van der Waals surface area contributed by atoms with Crippen LogP contribution in [0, 0.1) is 0 Å². The van der Waals surface area contributed by atoms with Gasteiger partial charge in [-0.1, -0.05) is 0 Å². The number of hydrogen-bond acceptors (Lipinski definition) is 4. The van der Waals surface area contributed by atoms with Gasteiger partial charge in [-0.2, -0.15) is 5.10 Å². The minimum atomic E-state index is -0.570. The van der Waals surface area contributed by atoms with Crippen molar-refractivity contribution in [2.75, 3.05) is 0 Å². The molecule has 2 aliphatic rings. The van der Waals surface area contributed by atoms with Crippen LogP contribution in [-0.2, 0) is 15.9 Å². The molecule has 0 aromatic carbocycles. The van der Waals surface area contributed by atoms with E-state index in [1.807, 2.05) is 33.9 Å². The molecule has 1 aromatic heterocycles. The first-order chi connectivity index (χ1) is 9.21. The number of hydrogen-bond donors (Lipinski definition) is 1. The molecule has 0 radical (unpaired) electrons. The number of aliphatic hydroxyl groups is 1. The van der Waals surface area contributed by atoms with E-state index in [0.29, 0.717) is 6.54 Å². The van der Waals surface area contributed by atoms with Gasteiger partial charge in [-0.15, -0.1) is 0 Å². The van der Waals surface area contributed by atoms with E-state index in [0.717, 1.165) is 24.7 Å². The quantitative estimate of drug-likeness (QED) is 0.841. The van der Waals surface area contributed by atoms with Crippen molar-refractivity contribution in [2.45, 2.75) is 70.3 Å². The van der Waals surface area contributed by atoms with Crippen molar-refractivity contribution in [2.24, 2.45) is 0 Å². The Morgan fingerprint density at radius 2 is 1.85 bits per heavy atom. The lowest BCUT2D eigenvalue weighted by molar-refractivity contribution is -0.0498. The summed E-state index contributed by atoms with van der Waals surface area (Å²) in [7, 11) is -0.384. The van der Waals surface area contributed by atoms with Crippen molar-refractivity contribution in [3.63, 3.8) is 0 Å². The summed E-state index contributed by atoms with van der Waals surface area (Å²) in [6.45, 7) is 8.69. The Bertz CT molecular complexity index is 492. The second-order valence-electron chi connectivity index (χ2n) is 7.14. The number of rotatable bonds is 3. The number of aromatic nitrogens is 2. The lowest BCUT2D eigenvalue weighted by atomic mass is 9.80. The van der Waals surface area contributed by atoms with E-state index in [9.17, 15) is 5.11 Å². The van der Waals surface area contributed by atoms with Crippen LogP contribution in [-0.4, -0.2) is 38.8 Å². The standard InChI is InChI=1S/C14H23BN2O3/c1-12(2)13(3,4)20-15(19-12)11-8-16-17(9-11)10-14(18)6-5-7-14/h8-9,18H,5-7,10H2,1-4H3. The summed E-state index contributed by atoms with van der Waals surface area (Å²) in [6.07, 6.45) is 6.50. The highest BCUT2D eigenvalue weighted by Gasteiger charge is 2.52. The molecule has 0 unspecified atom stereocenters. The Kier molecular flexibility index (Phi) is 3.05. The van der Waals surface area contributed by atoms with Crippen molar-refractivity contribution in [1.29, 1.82) is 0 Å². The minimum absolute atomic E-state index is 0.341. The minimum Gasteiger partial charge on any atom is -0.399 e. The van der Waals surface area contributed by atoms with Gasteiger partial charge in [0.15, 0.2) is 0 Å². The summed E-state index contributed by atoms with van der Waals surface area (Å²) in [5, 5.41) is 14.5. The SMILES string of the molecule is CC1(C)OB(c2cnn(CC3(O)CCC3)c2)OC1(C)C. The van der Waals surface area contributed by atoms with E-state index < -0.39 is 5.60 Å². The smallest absolute Gasteiger partial charge is 0.399 e. The predicted molar refractivity (Wildman–Crippen MR) is 76.7 cm³/mol. The molecule has 0 bridgehead atoms. The average molecular weight is 278 g/mol. The lowest BCUT2D eigenvalue weighted by Gasteiger charge is -2.36. The van der Waals surface area contributed by atoms with Gasteiger partial charge < -0.3 is 14.4 Å². The maximum atomic E-state index is 10.2. The molecule has 1 aliphatic carbocycles. The van der Waals surface area contributed by atoms with Crippen LogP contribution >= 0.6 is 0 Å². The molecule has 1 N–H and O–H groups in total. The van der Waals surface area contributed by atoms with Crippen LogP contribution < -0.4 is 5.46 Å². The third kappa shape index (κ3) is 2.30. The molecule has 1 aromatic rings. The van der Waals surface area contributed by atoms with Crippen molar-refractivity contribution in [1.82, 2.24) is 9.78 Å².